The second-order valence-electron chi connectivity index (χ2n) is 12.7. The third kappa shape index (κ3) is 8.55. The first-order chi connectivity index (χ1) is 24.5. The van der Waals surface area contributed by atoms with E-state index in [2.05, 4.69) is 12.2 Å². The molecule has 2 fully saturated rings. The van der Waals surface area contributed by atoms with Crippen LogP contribution in [-0.4, -0.2) is 52.4 Å². The molecule has 0 spiro atoms. The molecule has 0 aliphatic carbocycles. The number of aliphatic hydroxyl groups is 1. The number of aromatic nitrogens is 1. The number of alkyl halides is 3. The van der Waals surface area contributed by atoms with E-state index in [-0.39, 0.29) is 44.2 Å². The van der Waals surface area contributed by atoms with E-state index >= 15 is 0 Å². The lowest BCUT2D eigenvalue weighted by molar-refractivity contribution is -0.645. The molecule has 13 heteroatoms. The fourth-order valence-corrected chi connectivity index (χ4v) is 7.56. The van der Waals surface area contributed by atoms with Gasteiger partial charge in [0.2, 0.25) is 5.91 Å². The third-order valence-corrected chi connectivity index (χ3v) is 10.4. The molecule has 2 aliphatic rings. The number of carbonyl (C=O) groups excluding carboxylic acids is 2. The zero-order chi connectivity index (χ0) is 36.1. The Morgan fingerprint density at radius 1 is 0.961 bits per heavy atom. The molecule has 3 aromatic carbocycles. The van der Waals surface area contributed by atoms with Crippen molar-refractivity contribution in [3.8, 4) is 11.1 Å². The van der Waals surface area contributed by atoms with Gasteiger partial charge in [0.15, 0.2) is 12.5 Å². The highest BCUT2D eigenvalue weighted by atomic mass is 32.2. The van der Waals surface area contributed by atoms with Gasteiger partial charge in [0.25, 0.3) is 5.03 Å². The van der Waals surface area contributed by atoms with Crippen molar-refractivity contribution < 1.29 is 42.1 Å². The number of hydrogen-bond acceptors (Lipinski definition) is 7. The van der Waals surface area contributed by atoms with Crippen LogP contribution in [0, 0.1) is 11.1 Å². The normalized spacial score (nSPS) is 22.1. The van der Waals surface area contributed by atoms with Crippen molar-refractivity contribution in [3.63, 3.8) is 0 Å². The Morgan fingerprint density at radius 2 is 1.71 bits per heavy atom. The van der Waals surface area contributed by atoms with Gasteiger partial charge in [0, 0.05) is 42.5 Å². The molecule has 5 atom stereocenters. The molecule has 0 bridgehead atoms. The van der Waals surface area contributed by atoms with E-state index in [0.29, 0.717) is 22.1 Å². The van der Waals surface area contributed by atoms with Crippen molar-refractivity contribution in [1.82, 2.24) is 10.2 Å². The van der Waals surface area contributed by atoms with Gasteiger partial charge in [0.1, 0.15) is 6.04 Å². The van der Waals surface area contributed by atoms with Crippen LogP contribution in [0.1, 0.15) is 54.4 Å². The summed E-state index contributed by atoms with van der Waals surface area (Å²) < 4.78 is 53.2. The van der Waals surface area contributed by atoms with Gasteiger partial charge >= 0.3 is 12.1 Å². The molecule has 51 heavy (non-hydrogen) atoms. The summed E-state index contributed by atoms with van der Waals surface area (Å²) >= 11 is 1.41. The minimum absolute atomic E-state index is 0.0684. The molecule has 268 valence electrons. The third-order valence-electron chi connectivity index (χ3n) is 9.25. The van der Waals surface area contributed by atoms with E-state index < -0.39 is 30.3 Å². The van der Waals surface area contributed by atoms with Crippen molar-refractivity contribution in [2.75, 3.05) is 12.3 Å². The minimum Gasteiger partial charge on any atom is -0.618 e. The van der Waals surface area contributed by atoms with E-state index in [1.807, 2.05) is 78.9 Å². The predicted octanol–water partition coefficient (Wildman–Crippen LogP) is 6.23. The Hall–Kier alpha value is -4.43. The van der Waals surface area contributed by atoms with Crippen LogP contribution < -0.4 is 10.0 Å². The van der Waals surface area contributed by atoms with Crippen LogP contribution in [0.15, 0.2) is 102 Å². The van der Waals surface area contributed by atoms with E-state index in [9.17, 15) is 33.1 Å². The first kappa shape index (κ1) is 36.4. The number of hydrogen-bond donors (Lipinski definition) is 2. The van der Waals surface area contributed by atoms with Crippen LogP contribution in [0.3, 0.4) is 0 Å². The summed E-state index contributed by atoms with van der Waals surface area (Å²) in [6.07, 6.45) is -4.44. The maximum Gasteiger partial charge on any atom is 0.471 e. The van der Waals surface area contributed by atoms with Crippen LogP contribution in [-0.2, 0) is 32.2 Å². The summed E-state index contributed by atoms with van der Waals surface area (Å²) in [6, 6.07) is 26.9. The van der Waals surface area contributed by atoms with Gasteiger partial charge in [-0.1, -0.05) is 79.3 Å². The van der Waals surface area contributed by atoms with E-state index in [1.54, 1.807) is 12.1 Å². The smallest absolute Gasteiger partial charge is 0.471 e. The lowest BCUT2D eigenvalue weighted by Gasteiger charge is -2.41. The Morgan fingerprint density at radius 3 is 2.43 bits per heavy atom. The quantitative estimate of drug-likeness (QED) is 0.113. The zero-order valence-electron chi connectivity index (χ0n) is 27.8. The van der Waals surface area contributed by atoms with Crippen LogP contribution in [0.5, 0.6) is 0 Å². The fourth-order valence-electron chi connectivity index (χ4n) is 6.48. The van der Waals surface area contributed by atoms with Gasteiger partial charge in [0.05, 0.1) is 18.8 Å². The average molecular weight is 722 g/mol. The number of carbonyl (C=O) groups is 2. The fraction of sp³-hybridized carbons (Fsp3) is 0.342. The number of aliphatic hydroxyl groups excluding tert-OH is 1. The van der Waals surface area contributed by atoms with Crippen molar-refractivity contribution in [1.29, 1.82) is 0 Å². The highest BCUT2D eigenvalue weighted by Gasteiger charge is 2.47. The number of ether oxygens (including phenoxy) is 2. The molecule has 0 unspecified atom stereocenters. The highest BCUT2D eigenvalue weighted by Crippen LogP contribution is 2.43. The lowest BCUT2D eigenvalue weighted by atomic mass is 9.91. The molecule has 4 aromatic rings. The maximum absolute atomic E-state index is 13.1. The number of rotatable bonds is 10. The van der Waals surface area contributed by atoms with Crippen LogP contribution in [0.25, 0.3) is 11.1 Å². The van der Waals surface area contributed by atoms with Crippen molar-refractivity contribution in [2.24, 2.45) is 5.92 Å². The molecule has 1 aromatic heterocycles. The number of thioether (sulfide) groups is 1. The molecular formula is C38H38F3N3O6S. The van der Waals surface area contributed by atoms with E-state index in [4.69, 9.17) is 9.47 Å². The van der Waals surface area contributed by atoms with E-state index in [1.165, 1.54) is 18.0 Å². The molecule has 0 saturated carbocycles. The average Bonchev–Trinajstić information content (AvgIpc) is 3.64. The zero-order valence-corrected chi connectivity index (χ0v) is 28.6. The molecule has 2 aliphatic heterocycles. The summed E-state index contributed by atoms with van der Waals surface area (Å²) in [4.78, 5) is 25.3. The van der Waals surface area contributed by atoms with Gasteiger partial charge < -0.3 is 30.0 Å². The SMILES string of the molecule is C[C@H]1[C@@H](CSc2cccc[n+]2[O-])O[C@@H](c2cccc(-c3cccc(CNC(=O)[C@@H]4CCCN4C(=O)C(F)(F)F)c3)c2)O[C@H]1c1ccc(CO)cc1. The van der Waals surface area contributed by atoms with Crippen molar-refractivity contribution in [3.05, 3.63) is 125 Å². The first-order valence-electron chi connectivity index (χ1n) is 16.7. The molecule has 6 rings (SSSR count). The Bertz CT molecular complexity index is 1840. The summed E-state index contributed by atoms with van der Waals surface area (Å²) in [5.74, 6) is -2.18. The van der Waals surface area contributed by atoms with Crippen LogP contribution >= 0.6 is 11.8 Å². The molecule has 2 saturated heterocycles. The Kier molecular flexibility index (Phi) is 11.3. The molecule has 0 radical (unpaired) electrons. The monoisotopic (exact) mass is 721 g/mol. The van der Waals surface area contributed by atoms with Crippen molar-refractivity contribution >= 4 is 23.6 Å². The van der Waals surface area contributed by atoms with Gasteiger partial charge in [-0.3, -0.25) is 9.59 Å². The number of halogens is 3. The van der Waals surface area contributed by atoms with Crippen molar-refractivity contribution in [2.45, 2.75) is 68.7 Å². The van der Waals surface area contributed by atoms with E-state index in [0.717, 1.165) is 38.1 Å². The molecule has 9 nitrogen and oxygen atoms in total. The number of benzene rings is 3. The minimum atomic E-state index is -5.03. The lowest BCUT2D eigenvalue weighted by Crippen LogP contribution is -2.50. The number of amides is 2. The number of pyridine rings is 1. The summed E-state index contributed by atoms with van der Waals surface area (Å²) in [6.45, 7) is 1.95. The second kappa shape index (κ2) is 15.9. The first-order valence-corrected chi connectivity index (χ1v) is 17.7. The van der Waals surface area contributed by atoms with Crippen LogP contribution in [0.2, 0.25) is 0 Å². The molecular weight excluding hydrogens is 683 g/mol. The standard InChI is InChI=1S/C38H38F3N3O6S/c1-24-32(23-51-33-12-2-3-18-44(33)48)49-36(50-34(24)27-15-13-25(22-45)14-16-27)30-10-5-9-29(20-30)28-8-4-7-26(19-28)21-42-35(46)31-11-6-17-43(31)37(47)38(39,40)41/h2-5,7-10,12-16,18-20,24,31-32,34,36,45H,6,11,17,21-23H2,1H3,(H,42,46)/t24-,31-,32+,34+,36+/m0/s1. The summed E-state index contributed by atoms with van der Waals surface area (Å²) in [5.41, 5.74) is 4.94. The van der Waals surface area contributed by atoms with Gasteiger partial charge in [-0.15, -0.1) is 0 Å². The second-order valence-corrected chi connectivity index (χ2v) is 13.7. The molecule has 3 heterocycles. The number of nitrogens with zero attached hydrogens (tertiary/aromatic N) is 2. The maximum atomic E-state index is 13.1. The Labute approximate surface area is 298 Å². The van der Waals surface area contributed by atoms with Gasteiger partial charge in [-0.2, -0.15) is 17.9 Å². The number of likely N-dealkylation sites (tertiary alicyclic amines) is 1. The Balaban J connectivity index is 1.19. The summed E-state index contributed by atoms with van der Waals surface area (Å²) in [7, 11) is 0. The van der Waals surface area contributed by atoms with Gasteiger partial charge in [-0.25, -0.2) is 0 Å². The number of nitrogens with one attached hydrogen (secondary N) is 1. The highest BCUT2D eigenvalue weighted by molar-refractivity contribution is 7.99. The molecule has 2 N–H and O–H groups in total. The predicted molar refractivity (Wildman–Crippen MR) is 184 cm³/mol. The van der Waals surface area contributed by atoms with Crippen LogP contribution in [0.4, 0.5) is 13.2 Å². The largest absolute Gasteiger partial charge is 0.618 e. The van der Waals surface area contributed by atoms with Gasteiger partial charge in [-0.05, 0) is 58.9 Å². The summed E-state index contributed by atoms with van der Waals surface area (Å²) in [5, 5.41) is 25.2. The molecule has 2 amide bonds. The topological polar surface area (TPSA) is 115 Å².